The number of hydrogen-bond acceptors (Lipinski definition) is 1. The number of aromatic nitrogens is 1. The van der Waals surface area contributed by atoms with Crippen LogP contribution in [0.15, 0.2) is 146 Å². The highest BCUT2D eigenvalue weighted by atomic mass is 15.0. The molecule has 40 heavy (non-hydrogen) atoms. The Labute approximate surface area is 235 Å². The van der Waals surface area contributed by atoms with Gasteiger partial charge in [0.15, 0.2) is 0 Å². The summed E-state index contributed by atoms with van der Waals surface area (Å²) in [6.07, 6.45) is 12.4. The third-order valence-electron chi connectivity index (χ3n) is 7.64. The highest BCUT2D eigenvalue weighted by Crippen LogP contribution is 2.37. The summed E-state index contributed by atoms with van der Waals surface area (Å²) in [7, 11) is 0. The molecule has 0 bridgehead atoms. The van der Waals surface area contributed by atoms with Gasteiger partial charge in [-0.15, -0.1) is 0 Å². The summed E-state index contributed by atoms with van der Waals surface area (Å²) in [5, 5.41) is 6.24. The van der Waals surface area contributed by atoms with E-state index in [4.69, 9.17) is 5.73 Å². The molecule has 0 spiro atoms. The Morgan fingerprint density at radius 2 is 1.43 bits per heavy atom. The summed E-state index contributed by atoms with van der Waals surface area (Å²) in [5.74, 6) is 0. The minimum Gasteiger partial charge on any atom is -0.405 e. The Hall–Kier alpha value is -5.08. The van der Waals surface area contributed by atoms with Crippen LogP contribution in [0.3, 0.4) is 0 Å². The molecule has 0 radical (unpaired) electrons. The Morgan fingerprint density at radius 3 is 2.20 bits per heavy atom. The van der Waals surface area contributed by atoms with E-state index < -0.39 is 0 Å². The first-order chi connectivity index (χ1) is 19.7. The van der Waals surface area contributed by atoms with E-state index in [1.54, 1.807) is 6.20 Å². The molecule has 0 aliphatic carbocycles. The molecular weight excluding hydrogens is 484 g/mol. The van der Waals surface area contributed by atoms with Crippen LogP contribution in [0.4, 0.5) is 0 Å². The van der Waals surface area contributed by atoms with Crippen molar-refractivity contribution >= 4 is 38.5 Å². The highest BCUT2D eigenvalue weighted by Gasteiger charge is 2.17. The Kier molecular flexibility index (Phi) is 6.91. The van der Waals surface area contributed by atoms with E-state index in [0.29, 0.717) is 0 Å². The first-order valence-electron chi connectivity index (χ1n) is 13.7. The lowest BCUT2D eigenvalue weighted by molar-refractivity contribution is 1.10. The van der Waals surface area contributed by atoms with Crippen LogP contribution >= 0.6 is 0 Å². The smallest absolute Gasteiger partial charge is 0.0615 e. The van der Waals surface area contributed by atoms with Gasteiger partial charge in [-0.25, -0.2) is 0 Å². The van der Waals surface area contributed by atoms with Crippen LogP contribution < -0.4 is 5.73 Å². The van der Waals surface area contributed by atoms with Gasteiger partial charge in [0, 0.05) is 16.5 Å². The topological polar surface area (TPSA) is 30.9 Å². The largest absolute Gasteiger partial charge is 0.405 e. The zero-order valence-electron chi connectivity index (χ0n) is 22.7. The molecule has 2 N–H and O–H groups in total. The molecule has 0 aliphatic heterocycles. The normalized spacial score (nSPS) is 12.4. The monoisotopic (exact) mass is 516 g/mol. The van der Waals surface area contributed by atoms with E-state index in [9.17, 15) is 0 Å². The molecule has 2 nitrogen and oxygen atoms in total. The van der Waals surface area contributed by atoms with Crippen molar-refractivity contribution in [2.45, 2.75) is 13.3 Å². The quantitative estimate of drug-likeness (QED) is 0.210. The zero-order chi connectivity index (χ0) is 27.5. The van der Waals surface area contributed by atoms with Crippen LogP contribution in [0.5, 0.6) is 0 Å². The van der Waals surface area contributed by atoms with Gasteiger partial charge in [-0.3, -0.25) is 0 Å². The third-order valence-corrected chi connectivity index (χ3v) is 7.64. The molecule has 194 valence electrons. The fourth-order valence-electron chi connectivity index (χ4n) is 5.57. The number of aryl methyl sites for hydroxylation is 1. The summed E-state index contributed by atoms with van der Waals surface area (Å²) < 4.78 is 2.40. The van der Waals surface area contributed by atoms with Gasteiger partial charge in [0.25, 0.3) is 0 Å². The second-order valence-electron chi connectivity index (χ2n) is 10.1. The molecule has 0 unspecified atom stereocenters. The van der Waals surface area contributed by atoms with Crippen LogP contribution in [-0.2, 0) is 0 Å². The van der Waals surface area contributed by atoms with Gasteiger partial charge >= 0.3 is 0 Å². The van der Waals surface area contributed by atoms with Crippen molar-refractivity contribution in [1.82, 2.24) is 4.57 Å². The average molecular weight is 517 g/mol. The van der Waals surface area contributed by atoms with Crippen molar-refractivity contribution in [3.63, 3.8) is 0 Å². The lowest BCUT2D eigenvalue weighted by Crippen LogP contribution is -1.98. The SMILES string of the molecule is C=C/C(=C\c1c(C)c2ccc3cc(-c4ccc5ccccc5c4)ccc3c2n1-c1ccccc1)C/C=C\C=C\N. The molecule has 6 aromatic rings. The Bertz CT molecular complexity index is 1950. The van der Waals surface area contributed by atoms with E-state index in [2.05, 4.69) is 133 Å². The first kappa shape index (κ1) is 25.2. The maximum Gasteiger partial charge on any atom is 0.0615 e. The number of benzene rings is 5. The van der Waals surface area contributed by atoms with Crippen molar-refractivity contribution in [2.75, 3.05) is 0 Å². The van der Waals surface area contributed by atoms with E-state index in [-0.39, 0.29) is 0 Å². The molecule has 5 aromatic carbocycles. The van der Waals surface area contributed by atoms with Gasteiger partial charge in [0.05, 0.1) is 11.2 Å². The molecule has 1 heterocycles. The maximum atomic E-state index is 5.49. The molecule has 2 heteroatoms. The molecule has 0 aliphatic rings. The maximum absolute atomic E-state index is 5.49. The summed E-state index contributed by atoms with van der Waals surface area (Å²) >= 11 is 0. The number of nitrogens with two attached hydrogens (primary N) is 1. The van der Waals surface area contributed by atoms with Crippen molar-refractivity contribution in [2.24, 2.45) is 5.73 Å². The third kappa shape index (κ3) is 4.65. The molecular formula is C38H32N2. The molecule has 0 atom stereocenters. The van der Waals surface area contributed by atoms with E-state index in [1.807, 2.05) is 18.2 Å². The molecule has 0 saturated heterocycles. The molecule has 0 saturated carbocycles. The van der Waals surface area contributed by atoms with Crippen molar-refractivity contribution in [3.8, 4) is 16.8 Å². The van der Waals surface area contributed by atoms with Crippen LogP contribution in [-0.4, -0.2) is 4.57 Å². The lowest BCUT2D eigenvalue weighted by Gasteiger charge is -2.13. The van der Waals surface area contributed by atoms with Gasteiger partial charge in [-0.2, -0.15) is 0 Å². The highest BCUT2D eigenvalue weighted by molar-refractivity contribution is 6.10. The van der Waals surface area contributed by atoms with E-state index in [0.717, 1.165) is 17.7 Å². The predicted octanol–water partition coefficient (Wildman–Crippen LogP) is 9.90. The number of rotatable bonds is 7. The summed E-state index contributed by atoms with van der Waals surface area (Å²) in [5.41, 5.74) is 13.9. The summed E-state index contributed by atoms with van der Waals surface area (Å²) in [6.45, 7) is 6.31. The number of nitrogens with zero attached hydrogens (tertiary/aromatic N) is 1. The minimum absolute atomic E-state index is 0.777. The molecule has 6 rings (SSSR count). The van der Waals surface area contributed by atoms with E-state index >= 15 is 0 Å². The predicted molar refractivity (Wildman–Crippen MR) is 174 cm³/mol. The molecule has 0 fully saturated rings. The minimum atomic E-state index is 0.777. The van der Waals surface area contributed by atoms with Crippen molar-refractivity contribution < 1.29 is 0 Å². The Morgan fingerprint density at radius 1 is 0.750 bits per heavy atom. The lowest BCUT2D eigenvalue weighted by atomic mass is 9.97. The average Bonchev–Trinajstić information content (AvgIpc) is 3.29. The van der Waals surface area contributed by atoms with Crippen molar-refractivity contribution in [1.29, 1.82) is 0 Å². The van der Waals surface area contributed by atoms with E-state index in [1.165, 1.54) is 54.8 Å². The van der Waals surface area contributed by atoms with Gasteiger partial charge in [-0.1, -0.05) is 104 Å². The standard InChI is InChI=1S/C38H32N2/c1-3-28(12-6-5-11-23-39)24-37-27(2)35-21-20-33-26-32(31-18-17-29-13-9-10-14-30(29)25-31)19-22-36(33)38(35)40(37)34-15-7-4-8-16-34/h3-11,13-26H,1,12,39H2,2H3/b6-5-,23-11+,28-24+. The van der Waals surface area contributed by atoms with Crippen LogP contribution in [0.25, 0.3) is 55.3 Å². The van der Waals surface area contributed by atoms with Gasteiger partial charge in [0.1, 0.15) is 0 Å². The van der Waals surface area contributed by atoms with Crippen LogP contribution in [0, 0.1) is 6.92 Å². The van der Waals surface area contributed by atoms with Crippen LogP contribution in [0.2, 0.25) is 0 Å². The van der Waals surface area contributed by atoms with Crippen LogP contribution in [0.1, 0.15) is 17.7 Å². The number of hydrogen-bond donors (Lipinski definition) is 1. The fraction of sp³-hybridized carbons (Fsp3) is 0.0526. The second kappa shape index (κ2) is 11.0. The fourth-order valence-corrected chi connectivity index (χ4v) is 5.57. The van der Waals surface area contributed by atoms with Crippen molar-refractivity contribution in [3.05, 3.63) is 157 Å². The summed E-state index contributed by atoms with van der Waals surface area (Å²) in [4.78, 5) is 0. The molecule has 1 aromatic heterocycles. The summed E-state index contributed by atoms with van der Waals surface area (Å²) in [6, 6.07) is 37.2. The zero-order valence-corrected chi connectivity index (χ0v) is 22.7. The first-order valence-corrected chi connectivity index (χ1v) is 13.7. The van der Waals surface area contributed by atoms with Gasteiger partial charge < -0.3 is 10.3 Å². The number of para-hydroxylation sites is 1. The number of fused-ring (bicyclic) bond motifs is 4. The van der Waals surface area contributed by atoms with Gasteiger partial charge in [-0.05, 0) is 94.4 Å². The second-order valence-corrected chi connectivity index (χ2v) is 10.1. The Balaban J connectivity index is 1.56. The number of allylic oxidation sites excluding steroid dienone is 5. The molecule has 0 amide bonds. The van der Waals surface area contributed by atoms with Gasteiger partial charge in [0.2, 0.25) is 0 Å².